The molecule has 1 fully saturated rings. The van der Waals surface area contributed by atoms with Crippen molar-refractivity contribution in [2.45, 2.75) is 57.4 Å². The minimum absolute atomic E-state index is 0.0246. The molecule has 0 aliphatic carbocycles. The van der Waals surface area contributed by atoms with Crippen LogP contribution < -0.4 is 5.56 Å². The van der Waals surface area contributed by atoms with E-state index in [0.29, 0.717) is 19.4 Å². The number of aromatic nitrogens is 1. The fourth-order valence-electron chi connectivity index (χ4n) is 4.99. The molecule has 0 bridgehead atoms. The van der Waals surface area contributed by atoms with Crippen molar-refractivity contribution < 1.29 is 19.0 Å². The van der Waals surface area contributed by atoms with Crippen molar-refractivity contribution in [2.75, 3.05) is 13.2 Å². The molecule has 190 valence electrons. The Morgan fingerprint density at radius 1 is 1.03 bits per heavy atom. The van der Waals surface area contributed by atoms with E-state index in [0.717, 1.165) is 22.3 Å². The number of pyridine rings is 1. The molecule has 6 nitrogen and oxygen atoms in total. The van der Waals surface area contributed by atoms with Gasteiger partial charge >= 0.3 is 6.09 Å². The fraction of sp³-hybridized carbons (Fsp3) is 0.379. The summed E-state index contributed by atoms with van der Waals surface area (Å²) in [6, 6.07) is 20.3. The highest BCUT2D eigenvalue weighted by Gasteiger charge is 2.46. The molecule has 4 rings (SSSR count). The molecule has 1 aliphatic heterocycles. The minimum Gasteiger partial charge on any atom is -0.438 e. The highest BCUT2D eigenvalue weighted by Crippen LogP contribution is 2.42. The first-order chi connectivity index (χ1) is 17.1. The molecule has 1 saturated heterocycles. The minimum atomic E-state index is -1.01. The molecule has 2 atom stereocenters. The number of halogens is 1. The lowest BCUT2D eigenvalue weighted by Gasteiger charge is -2.45. The van der Waals surface area contributed by atoms with Crippen LogP contribution in [0.5, 0.6) is 0 Å². The number of carbonyl (C=O) groups is 1. The topological polar surface area (TPSA) is 71.8 Å². The quantitative estimate of drug-likeness (QED) is 0.454. The van der Waals surface area contributed by atoms with Crippen molar-refractivity contribution in [2.24, 2.45) is 0 Å². The Kier molecular flexibility index (Phi) is 7.31. The van der Waals surface area contributed by atoms with E-state index in [1.54, 1.807) is 31.0 Å². The van der Waals surface area contributed by atoms with Gasteiger partial charge in [-0.3, -0.25) is 4.79 Å². The molecule has 0 saturated carbocycles. The van der Waals surface area contributed by atoms with Gasteiger partial charge in [-0.25, -0.2) is 9.18 Å². The number of carbonyl (C=O) groups excluding carboxylic acids is 1. The van der Waals surface area contributed by atoms with Crippen LogP contribution in [-0.4, -0.2) is 39.5 Å². The van der Waals surface area contributed by atoms with Gasteiger partial charge in [0.15, 0.2) is 0 Å². The Morgan fingerprint density at radius 3 is 2.31 bits per heavy atom. The number of nitrogens with zero attached hydrogens (tertiary/aromatic N) is 2. The van der Waals surface area contributed by atoms with Gasteiger partial charge in [-0.2, -0.15) is 0 Å². The Morgan fingerprint density at radius 2 is 1.69 bits per heavy atom. The van der Waals surface area contributed by atoms with Crippen molar-refractivity contribution in [3.63, 3.8) is 0 Å². The van der Waals surface area contributed by atoms with E-state index in [2.05, 4.69) is 0 Å². The Labute approximate surface area is 211 Å². The summed E-state index contributed by atoms with van der Waals surface area (Å²) in [6.07, 6.45) is 2.11. The molecular weight excluding hydrogens is 459 g/mol. The summed E-state index contributed by atoms with van der Waals surface area (Å²) in [6.45, 7) is 5.32. The molecular formula is C29H33FN2O4. The second-order valence-corrected chi connectivity index (χ2v) is 10.1. The third-order valence-corrected chi connectivity index (χ3v) is 6.79. The molecule has 1 unspecified atom stereocenters. The van der Waals surface area contributed by atoms with Crippen molar-refractivity contribution in [1.82, 2.24) is 9.47 Å². The van der Waals surface area contributed by atoms with E-state index >= 15 is 0 Å². The number of hydrogen-bond donors (Lipinski definition) is 1. The zero-order valence-electron chi connectivity index (χ0n) is 21.0. The zero-order valence-corrected chi connectivity index (χ0v) is 21.0. The average Bonchev–Trinajstić information content (AvgIpc) is 2.85. The van der Waals surface area contributed by atoms with E-state index in [-0.39, 0.29) is 18.1 Å². The van der Waals surface area contributed by atoms with Crippen molar-refractivity contribution >= 4 is 6.09 Å². The third kappa shape index (κ3) is 5.51. The maximum Gasteiger partial charge on any atom is 0.411 e. The summed E-state index contributed by atoms with van der Waals surface area (Å²) in [7, 11) is 0. The lowest BCUT2D eigenvalue weighted by molar-refractivity contribution is -0.101. The van der Waals surface area contributed by atoms with Gasteiger partial charge in [-0.1, -0.05) is 54.6 Å². The summed E-state index contributed by atoms with van der Waals surface area (Å²) in [5, 5.41) is 10.6. The second-order valence-electron chi connectivity index (χ2n) is 10.1. The van der Waals surface area contributed by atoms with E-state index in [9.17, 15) is 19.1 Å². The lowest BCUT2D eigenvalue weighted by atomic mass is 9.80. The molecule has 1 N–H and O–H groups in total. The smallest absolute Gasteiger partial charge is 0.411 e. The summed E-state index contributed by atoms with van der Waals surface area (Å²) in [4.78, 5) is 26.9. The molecule has 1 aliphatic rings. The van der Waals surface area contributed by atoms with Crippen LogP contribution in [0.4, 0.5) is 9.18 Å². The maximum atomic E-state index is 13.3. The Balaban J connectivity index is 1.53. The number of rotatable bonds is 8. The number of cyclic esters (lactones) is 1. The maximum absolute atomic E-state index is 13.3. The first kappa shape index (κ1) is 25.6. The molecule has 0 spiro atoms. The van der Waals surface area contributed by atoms with Gasteiger partial charge in [0, 0.05) is 31.6 Å². The van der Waals surface area contributed by atoms with Gasteiger partial charge in [0.2, 0.25) is 0 Å². The van der Waals surface area contributed by atoms with Crippen LogP contribution in [-0.2, 0) is 16.9 Å². The van der Waals surface area contributed by atoms with Crippen molar-refractivity contribution in [3.05, 3.63) is 94.4 Å². The lowest BCUT2D eigenvalue weighted by Crippen LogP contribution is -2.51. The van der Waals surface area contributed by atoms with Gasteiger partial charge in [0.05, 0.1) is 18.2 Å². The van der Waals surface area contributed by atoms with Crippen LogP contribution in [0, 0.1) is 0 Å². The summed E-state index contributed by atoms with van der Waals surface area (Å²) in [5.41, 5.74) is 1.41. The number of amides is 1. The standard InChI is InChI=1S/C29H33FN2O4/c1-21(22-9-11-23(12-10-22)24-13-14-26(33)31(19-24)18-16-30)32-17-15-29(36-27(32)34,20-28(2,3)35)25-7-5-4-6-8-25/h4-14,19,21,35H,15-18,20H2,1-3H3/t21-,29?/m0/s1. The van der Waals surface area contributed by atoms with Gasteiger partial charge in [0.1, 0.15) is 12.3 Å². The predicted octanol–water partition coefficient (Wildman–Crippen LogP) is 5.44. The fourth-order valence-corrected chi connectivity index (χ4v) is 4.99. The molecule has 36 heavy (non-hydrogen) atoms. The third-order valence-electron chi connectivity index (χ3n) is 6.79. The summed E-state index contributed by atoms with van der Waals surface area (Å²) in [5.74, 6) is 0. The van der Waals surface area contributed by atoms with Gasteiger partial charge in [0.25, 0.3) is 5.56 Å². The Hall–Kier alpha value is -3.45. The van der Waals surface area contributed by atoms with Crippen LogP contribution in [0.25, 0.3) is 11.1 Å². The Bertz CT molecular complexity index is 1250. The highest BCUT2D eigenvalue weighted by molar-refractivity contribution is 5.70. The van der Waals surface area contributed by atoms with Crippen LogP contribution in [0.15, 0.2) is 77.7 Å². The van der Waals surface area contributed by atoms with Crippen LogP contribution >= 0.6 is 0 Å². The first-order valence-corrected chi connectivity index (χ1v) is 12.3. The highest BCUT2D eigenvalue weighted by atomic mass is 19.1. The normalized spacial score (nSPS) is 19.1. The molecule has 1 amide bonds. The van der Waals surface area contributed by atoms with Gasteiger partial charge in [-0.15, -0.1) is 0 Å². The van der Waals surface area contributed by atoms with Crippen molar-refractivity contribution in [3.8, 4) is 11.1 Å². The van der Waals surface area contributed by atoms with Crippen LogP contribution in [0.3, 0.4) is 0 Å². The van der Waals surface area contributed by atoms with Crippen molar-refractivity contribution in [1.29, 1.82) is 0 Å². The molecule has 3 aromatic rings. The number of alkyl halides is 1. The number of aryl methyl sites for hydroxylation is 1. The average molecular weight is 493 g/mol. The van der Waals surface area contributed by atoms with E-state index < -0.39 is 24.0 Å². The predicted molar refractivity (Wildman–Crippen MR) is 137 cm³/mol. The molecule has 0 radical (unpaired) electrons. The van der Waals surface area contributed by atoms with Gasteiger partial charge < -0.3 is 19.3 Å². The number of aliphatic hydroxyl groups is 1. The SMILES string of the molecule is C[C@@H](c1ccc(-c2ccc(=O)n(CCF)c2)cc1)N1CCC(CC(C)(C)O)(c2ccccc2)OC1=O. The van der Waals surface area contributed by atoms with E-state index in [1.807, 2.05) is 61.5 Å². The molecule has 1 aromatic heterocycles. The molecule has 7 heteroatoms. The van der Waals surface area contributed by atoms with Gasteiger partial charge in [-0.05, 0) is 49.1 Å². The number of hydrogen-bond acceptors (Lipinski definition) is 4. The number of ether oxygens (including phenoxy) is 1. The molecule has 2 heterocycles. The van der Waals surface area contributed by atoms with Crippen LogP contribution in [0.1, 0.15) is 50.8 Å². The zero-order chi connectivity index (χ0) is 25.9. The summed E-state index contributed by atoms with van der Waals surface area (Å²) >= 11 is 0. The monoisotopic (exact) mass is 492 g/mol. The molecule has 2 aromatic carbocycles. The first-order valence-electron chi connectivity index (χ1n) is 12.3. The second kappa shape index (κ2) is 10.3. The summed E-state index contributed by atoms with van der Waals surface area (Å²) < 4.78 is 20.2. The van der Waals surface area contributed by atoms with E-state index in [4.69, 9.17) is 4.74 Å². The van der Waals surface area contributed by atoms with E-state index in [1.165, 1.54) is 10.6 Å². The largest absolute Gasteiger partial charge is 0.438 e. The van der Waals surface area contributed by atoms with Crippen LogP contribution in [0.2, 0.25) is 0 Å². The number of benzene rings is 2.